The number of aryl methyl sites for hydroxylation is 1. The summed E-state index contributed by atoms with van der Waals surface area (Å²) in [6.45, 7) is 5.48. The van der Waals surface area contributed by atoms with Gasteiger partial charge in [-0.15, -0.1) is 0 Å². The zero-order valence-corrected chi connectivity index (χ0v) is 17.1. The Balaban J connectivity index is 2.07. The van der Waals surface area contributed by atoms with Crippen molar-refractivity contribution in [2.24, 2.45) is 10.9 Å². The van der Waals surface area contributed by atoms with Gasteiger partial charge in [0.05, 0.1) is 12.5 Å². The summed E-state index contributed by atoms with van der Waals surface area (Å²) < 4.78 is 0. The largest absolute Gasteiger partial charge is 0.475 e. The summed E-state index contributed by atoms with van der Waals surface area (Å²) in [4.78, 5) is 29.7. The third-order valence-corrected chi connectivity index (χ3v) is 4.75. The summed E-state index contributed by atoms with van der Waals surface area (Å²) in [7, 11) is -1.67. The van der Waals surface area contributed by atoms with E-state index in [1.165, 1.54) is 0 Å². The van der Waals surface area contributed by atoms with E-state index in [0.717, 1.165) is 12.1 Å². The van der Waals surface area contributed by atoms with Crippen LogP contribution in [-0.4, -0.2) is 66.3 Å². The molecule has 2 unspecified atom stereocenters. The molecule has 1 aliphatic rings. The molecule has 0 aromatic heterocycles. The molecular formula is C20H31BN4O4. The van der Waals surface area contributed by atoms with Crippen LogP contribution in [0.4, 0.5) is 0 Å². The van der Waals surface area contributed by atoms with E-state index in [0.29, 0.717) is 38.1 Å². The SMILES string of the molecule is CC(C)CC(NC(=O)C(CCc1ccccc1)NC(=O)C1=NCCNC1)B(O)O. The summed E-state index contributed by atoms with van der Waals surface area (Å²) in [6, 6.07) is 8.89. The van der Waals surface area contributed by atoms with Crippen LogP contribution in [0.1, 0.15) is 32.3 Å². The number of hydrogen-bond donors (Lipinski definition) is 5. The highest BCUT2D eigenvalue weighted by Gasteiger charge is 2.30. The van der Waals surface area contributed by atoms with Crippen molar-refractivity contribution in [1.29, 1.82) is 0 Å². The zero-order valence-electron chi connectivity index (χ0n) is 17.1. The fraction of sp³-hybridized carbons (Fsp3) is 0.550. The number of amides is 2. The van der Waals surface area contributed by atoms with Crippen molar-refractivity contribution in [2.75, 3.05) is 19.6 Å². The van der Waals surface area contributed by atoms with Gasteiger partial charge in [-0.25, -0.2) is 0 Å². The molecule has 0 saturated heterocycles. The van der Waals surface area contributed by atoms with Crippen LogP contribution < -0.4 is 16.0 Å². The maximum absolute atomic E-state index is 12.9. The van der Waals surface area contributed by atoms with Crippen molar-refractivity contribution < 1.29 is 19.6 Å². The van der Waals surface area contributed by atoms with E-state index in [-0.39, 0.29) is 11.8 Å². The van der Waals surface area contributed by atoms with E-state index < -0.39 is 25.0 Å². The second-order valence-electron chi connectivity index (χ2n) is 7.71. The number of aliphatic imine (C=N–C) groups is 1. The highest BCUT2D eigenvalue weighted by Crippen LogP contribution is 2.09. The molecule has 5 N–H and O–H groups in total. The Morgan fingerprint density at radius 3 is 2.52 bits per heavy atom. The number of nitrogens with zero attached hydrogens (tertiary/aromatic N) is 1. The van der Waals surface area contributed by atoms with Crippen LogP contribution in [-0.2, 0) is 16.0 Å². The lowest BCUT2D eigenvalue weighted by Crippen LogP contribution is -2.56. The van der Waals surface area contributed by atoms with Crippen LogP contribution in [0, 0.1) is 5.92 Å². The molecule has 1 aromatic carbocycles. The standard InChI is InChI=1S/C20H31BN4O4/c1-14(2)12-18(21(28)29)25-19(26)16(9-8-15-6-4-3-5-7-15)24-20(27)17-13-22-10-11-23-17/h3-7,14,16,18,22,28-29H,8-13H2,1-2H3,(H,24,27)(H,25,26). The Morgan fingerprint density at radius 2 is 1.93 bits per heavy atom. The molecule has 0 spiro atoms. The maximum atomic E-state index is 12.9. The predicted octanol–water partition coefficient (Wildman–Crippen LogP) is -0.309. The van der Waals surface area contributed by atoms with Gasteiger partial charge in [0.15, 0.2) is 0 Å². The molecule has 0 bridgehead atoms. The van der Waals surface area contributed by atoms with Gasteiger partial charge < -0.3 is 26.0 Å². The lowest BCUT2D eigenvalue weighted by atomic mass is 9.75. The smallest absolute Gasteiger partial charge is 0.426 e. The predicted molar refractivity (Wildman–Crippen MR) is 113 cm³/mol. The third kappa shape index (κ3) is 7.96. The van der Waals surface area contributed by atoms with Crippen LogP contribution in [0.15, 0.2) is 35.3 Å². The van der Waals surface area contributed by atoms with E-state index in [1.807, 2.05) is 44.2 Å². The summed E-state index contributed by atoms with van der Waals surface area (Å²) in [5, 5.41) is 27.8. The van der Waals surface area contributed by atoms with Crippen LogP contribution in [0.25, 0.3) is 0 Å². The molecule has 1 heterocycles. The van der Waals surface area contributed by atoms with Gasteiger partial charge in [0.2, 0.25) is 5.91 Å². The van der Waals surface area contributed by atoms with E-state index >= 15 is 0 Å². The normalized spacial score (nSPS) is 16.0. The molecule has 0 radical (unpaired) electrons. The summed E-state index contributed by atoms with van der Waals surface area (Å²) in [6.07, 6.45) is 1.40. The van der Waals surface area contributed by atoms with Gasteiger partial charge in [0, 0.05) is 13.1 Å². The summed E-state index contributed by atoms with van der Waals surface area (Å²) in [5.74, 6) is -1.44. The third-order valence-electron chi connectivity index (χ3n) is 4.75. The number of hydrogen-bond acceptors (Lipinski definition) is 6. The first kappa shape index (κ1) is 23.1. The Morgan fingerprint density at radius 1 is 1.21 bits per heavy atom. The second kappa shape index (κ2) is 11.7. The van der Waals surface area contributed by atoms with Crippen LogP contribution in [0.3, 0.4) is 0 Å². The quantitative estimate of drug-likeness (QED) is 0.344. The number of nitrogens with one attached hydrogen (secondary N) is 3. The van der Waals surface area contributed by atoms with Gasteiger partial charge in [0.25, 0.3) is 5.91 Å². The van der Waals surface area contributed by atoms with Gasteiger partial charge in [-0.3, -0.25) is 14.6 Å². The van der Waals surface area contributed by atoms with Crippen molar-refractivity contribution in [3.05, 3.63) is 35.9 Å². The van der Waals surface area contributed by atoms with Crippen LogP contribution in [0.2, 0.25) is 0 Å². The molecule has 0 fully saturated rings. The Hall–Kier alpha value is -2.23. The van der Waals surface area contributed by atoms with Crippen molar-refractivity contribution >= 4 is 24.6 Å². The van der Waals surface area contributed by atoms with Crippen molar-refractivity contribution in [1.82, 2.24) is 16.0 Å². The molecule has 0 aliphatic carbocycles. The Bertz CT molecular complexity index is 697. The van der Waals surface area contributed by atoms with Gasteiger partial charge in [-0.1, -0.05) is 44.2 Å². The minimum absolute atomic E-state index is 0.169. The lowest BCUT2D eigenvalue weighted by Gasteiger charge is -2.25. The minimum Gasteiger partial charge on any atom is -0.426 e. The lowest BCUT2D eigenvalue weighted by molar-refractivity contribution is -0.127. The summed E-state index contributed by atoms with van der Waals surface area (Å²) >= 11 is 0. The number of carbonyl (C=O) groups excluding carboxylic acids is 2. The fourth-order valence-electron chi connectivity index (χ4n) is 3.20. The summed E-state index contributed by atoms with van der Waals surface area (Å²) in [5.41, 5.74) is 1.42. The maximum Gasteiger partial charge on any atom is 0.475 e. The highest BCUT2D eigenvalue weighted by molar-refractivity contribution is 6.43. The Kier molecular flexibility index (Phi) is 9.30. The fourth-order valence-corrected chi connectivity index (χ4v) is 3.20. The molecule has 1 aromatic rings. The minimum atomic E-state index is -1.67. The molecule has 158 valence electrons. The molecule has 2 atom stereocenters. The van der Waals surface area contributed by atoms with Crippen LogP contribution in [0.5, 0.6) is 0 Å². The average Bonchev–Trinajstić information content (AvgIpc) is 2.71. The molecular weight excluding hydrogens is 371 g/mol. The van der Waals surface area contributed by atoms with E-state index in [4.69, 9.17) is 0 Å². The van der Waals surface area contributed by atoms with Crippen molar-refractivity contribution in [3.63, 3.8) is 0 Å². The average molecular weight is 402 g/mol. The van der Waals surface area contributed by atoms with E-state index in [9.17, 15) is 19.6 Å². The first-order valence-corrected chi connectivity index (χ1v) is 10.1. The van der Waals surface area contributed by atoms with E-state index in [2.05, 4.69) is 20.9 Å². The molecule has 2 amide bonds. The van der Waals surface area contributed by atoms with Gasteiger partial charge in [-0.05, 0) is 30.7 Å². The molecule has 8 nitrogen and oxygen atoms in total. The van der Waals surface area contributed by atoms with Gasteiger partial charge >= 0.3 is 7.12 Å². The first-order chi connectivity index (χ1) is 13.9. The number of benzene rings is 1. The number of carbonyl (C=O) groups is 2. The van der Waals surface area contributed by atoms with Gasteiger partial charge in [-0.2, -0.15) is 0 Å². The number of rotatable bonds is 10. The first-order valence-electron chi connectivity index (χ1n) is 10.1. The zero-order chi connectivity index (χ0) is 21.2. The Labute approximate surface area is 172 Å². The van der Waals surface area contributed by atoms with Crippen LogP contribution >= 0.6 is 0 Å². The topological polar surface area (TPSA) is 123 Å². The molecule has 0 saturated carbocycles. The van der Waals surface area contributed by atoms with Crippen molar-refractivity contribution in [2.45, 2.75) is 45.1 Å². The molecule has 29 heavy (non-hydrogen) atoms. The molecule has 9 heteroatoms. The molecule has 1 aliphatic heterocycles. The van der Waals surface area contributed by atoms with Gasteiger partial charge in [0.1, 0.15) is 11.8 Å². The monoisotopic (exact) mass is 402 g/mol. The second-order valence-corrected chi connectivity index (χ2v) is 7.71. The van der Waals surface area contributed by atoms with Crippen molar-refractivity contribution in [3.8, 4) is 0 Å². The van der Waals surface area contributed by atoms with E-state index in [1.54, 1.807) is 0 Å². The highest BCUT2D eigenvalue weighted by atomic mass is 16.4. The molecule has 2 rings (SSSR count).